The Morgan fingerprint density at radius 1 is 1.20 bits per heavy atom. The molecule has 0 unspecified atom stereocenters. The minimum atomic E-state index is -0.768. The number of pyridine rings is 1. The Morgan fingerprint density at radius 3 is 2.50 bits per heavy atom. The van der Waals surface area contributed by atoms with Gasteiger partial charge in [-0.05, 0) is 42.7 Å². The van der Waals surface area contributed by atoms with Crippen LogP contribution in [0.2, 0.25) is 5.02 Å². The van der Waals surface area contributed by atoms with Crippen LogP contribution in [0.5, 0.6) is 0 Å². The van der Waals surface area contributed by atoms with Gasteiger partial charge in [-0.1, -0.05) is 23.7 Å². The first-order valence-corrected chi connectivity index (χ1v) is 7.11. The van der Waals surface area contributed by atoms with Crippen LogP contribution in [0.15, 0.2) is 42.6 Å². The third kappa shape index (κ3) is 2.65. The average molecular weight is 288 g/mol. The molecule has 1 aromatic carbocycles. The fourth-order valence-corrected chi connectivity index (χ4v) is 2.75. The third-order valence-corrected chi connectivity index (χ3v) is 4.12. The molecular weight excluding hydrogens is 272 g/mol. The molecule has 20 heavy (non-hydrogen) atoms. The molecule has 0 bridgehead atoms. The smallest absolute Gasteiger partial charge is 0.136 e. The summed E-state index contributed by atoms with van der Waals surface area (Å²) in [5.74, 6) is 0.852. The standard InChI is InChI=1S/C16H16ClN2O/c17-14-6-4-13(5-7-14)16(20)8-11-19(12-9-16)15-3-1-2-10-18-15/h1-2,4-7,10,20H,8-9,11-12H2. The highest BCUT2D eigenvalue weighted by molar-refractivity contribution is 6.30. The monoisotopic (exact) mass is 287 g/mol. The molecule has 1 saturated heterocycles. The Labute approximate surface area is 123 Å². The van der Waals surface area contributed by atoms with E-state index < -0.39 is 5.60 Å². The lowest BCUT2D eigenvalue weighted by Crippen LogP contribution is -2.43. The zero-order valence-electron chi connectivity index (χ0n) is 11.1. The minimum Gasteiger partial charge on any atom is -0.385 e. The molecular formula is C16H16ClN2O. The van der Waals surface area contributed by atoms with Crippen molar-refractivity contribution in [2.75, 3.05) is 18.0 Å². The van der Waals surface area contributed by atoms with Crippen LogP contribution in [0.1, 0.15) is 18.4 Å². The lowest BCUT2D eigenvalue weighted by Gasteiger charge is -2.39. The van der Waals surface area contributed by atoms with Crippen molar-refractivity contribution < 1.29 is 5.11 Å². The van der Waals surface area contributed by atoms with Gasteiger partial charge in [0, 0.05) is 30.4 Å². The molecule has 3 nitrogen and oxygen atoms in total. The Bertz CT molecular complexity index is 563. The molecule has 0 amide bonds. The fourth-order valence-electron chi connectivity index (χ4n) is 2.63. The first-order valence-electron chi connectivity index (χ1n) is 6.73. The van der Waals surface area contributed by atoms with Gasteiger partial charge in [0.05, 0.1) is 5.60 Å². The van der Waals surface area contributed by atoms with E-state index in [9.17, 15) is 5.11 Å². The Hall–Kier alpha value is -1.58. The maximum Gasteiger partial charge on any atom is 0.136 e. The van der Waals surface area contributed by atoms with Gasteiger partial charge in [-0.25, -0.2) is 4.98 Å². The van der Waals surface area contributed by atoms with Crippen molar-refractivity contribution in [1.29, 1.82) is 0 Å². The van der Waals surface area contributed by atoms with E-state index >= 15 is 0 Å². The van der Waals surface area contributed by atoms with E-state index in [-0.39, 0.29) is 0 Å². The number of hydrogen-bond donors (Lipinski definition) is 1. The first kappa shape index (κ1) is 13.4. The maximum absolute atomic E-state index is 10.8. The normalized spacial score (nSPS) is 18.0. The highest BCUT2D eigenvalue weighted by atomic mass is 35.5. The van der Waals surface area contributed by atoms with Crippen LogP contribution in [0.25, 0.3) is 0 Å². The summed E-state index contributed by atoms with van der Waals surface area (Å²) in [6, 6.07) is 14.3. The number of rotatable bonds is 2. The minimum absolute atomic E-state index is 0.680. The Kier molecular flexibility index (Phi) is 3.64. The molecule has 2 aromatic rings. The highest BCUT2D eigenvalue weighted by Gasteiger charge is 2.34. The molecule has 1 radical (unpaired) electrons. The van der Waals surface area contributed by atoms with Gasteiger partial charge < -0.3 is 10.0 Å². The second kappa shape index (κ2) is 5.43. The molecule has 0 atom stereocenters. The lowest BCUT2D eigenvalue weighted by atomic mass is 9.84. The lowest BCUT2D eigenvalue weighted by molar-refractivity contribution is 0.0116. The molecule has 1 N–H and O–H groups in total. The summed E-state index contributed by atoms with van der Waals surface area (Å²) in [7, 11) is 0. The van der Waals surface area contributed by atoms with Crippen LogP contribution in [0, 0.1) is 6.07 Å². The summed E-state index contributed by atoms with van der Waals surface area (Å²) in [6.45, 7) is 1.54. The molecule has 0 spiro atoms. The Morgan fingerprint density at radius 2 is 1.90 bits per heavy atom. The summed E-state index contributed by atoms with van der Waals surface area (Å²) in [5.41, 5.74) is 0.169. The number of aromatic nitrogens is 1. The van der Waals surface area contributed by atoms with E-state index in [4.69, 9.17) is 11.6 Å². The van der Waals surface area contributed by atoms with Crippen LogP contribution < -0.4 is 4.90 Å². The van der Waals surface area contributed by atoms with Crippen molar-refractivity contribution >= 4 is 17.4 Å². The number of nitrogens with zero attached hydrogens (tertiary/aromatic N) is 2. The second-order valence-corrected chi connectivity index (χ2v) is 5.57. The zero-order chi connectivity index (χ0) is 14.0. The third-order valence-electron chi connectivity index (χ3n) is 3.86. The SMILES string of the molecule is OC1(c2ccc(Cl)cc2)CCN(c2[c]cccn2)CC1. The van der Waals surface area contributed by atoms with Crippen LogP contribution in [-0.4, -0.2) is 23.2 Å². The highest BCUT2D eigenvalue weighted by Crippen LogP contribution is 2.34. The number of halogens is 1. The predicted octanol–water partition coefficient (Wildman–Crippen LogP) is 3.02. The number of benzene rings is 1. The largest absolute Gasteiger partial charge is 0.385 e. The van der Waals surface area contributed by atoms with Crippen molar-refractivity contribution in [3.8, 4) is 0 Å². The van der Waals surface area contributed by atoms with E-state index in [1.54, 1.807) is 6.20 Å². The summed E-state index contributed by atoms with van der Waals surface area (Å²) in [6.07, 6.45) is 3.13. The van der Waals surface area contributed by atoms with Crippen molar-refractivity contribution in [3.63, 3.8) is 0 Å². The molecule has 103 valence electrons. The maximum atomic E-state index is 10.8. The second-order valence-electron chi connectivity index (χ2n) is 5.13. The first-order chi connectivity index (χ1) is 9.67. The summed E-state index contributed by atoms with van der Waals surface area (Å²) in [5, 5.41) is 11.5. The van der Waals surface area contributed by atoms with Crippen molar-refractivity contribution in [1.82, 2.24) is 4.98 Å². The summed E-state index contributed by atoms with van der Waals surface area (Å²) in [4.78, 5) is 6.46. The molecule has 0 aliphatic carbocycles. The predicted molar refractivity (Wildman–Crippen MR) is 79.9 cm³/mol. The van der Waals surface area contributed by atoms with Gasteiger partial charge in [0.2, 0.25) is 0 Å². The number of anilines is 1. The molecule has 1 aliphatic heterocycles. The molecule has 1 aliphatic rings. The quantitative estimate of drug-likeness (QED) is 0.922. The van der Waals surface area contributed by atoms with E-state index in [2.05, 4.69) is 16.0 Å². The van der Waals surface area contributed by atoms with Crippen molar-refractivity contribution in [2.24, 2.45) is 0 Å². The van der Waals surface area contributed by atoms with Gasteiger partial charge >= 0.3 is 0 Å². The topological polar surface area (TPSA) is 36.4 Å². The van der Waals surface area contributed by atoms with Crippen LogP contribution in [0.4, 0.5) is 5.82 Å². The average Bonchev–Trinajstić information content (AvgIpc) is 2.49. The zero-order valence-corrected chi connectivity index (χ0v) is 11.8. The van der Waals surface area contributed by atoms with Gasteiger partial charge in [-0.15, -0.1) is 0 Å². The van der Waals surface area contributed by atoms with Gasteiger partial charge in [0.25, 0.3) is 0 Å². The number of hydrogen-bond acceptors (Lipinski definition) is 3. The summed E-state index contributed by atoms with van der Waals surface area (Å²) < 4.78 is 0. The number of aliphatic hydroxyl groups is 1. The van der Waals surface area contributed by atoms with Gasteiger partial charge in [0.15, 0.2) is 0 Å². The molecule has 3 rings (SSSR count). The van der Waals surface area contributed by atoms with Gasteiger partial charge in [0.1, 0.15) is 5.82 Å². The molecule has 1 fully saturated rings. The number of piperidine rings is 1. The van der Waals surface area contributed by atoms with E-state index in [1.807, 2.05) is 36.4 Å². The van der Waals surface area contributed by atoms with Crippen LogP contribution in [0.3, 0.4) is 0 Å². The molecule has 4 heteroatoms. The van der Waals surface area contributed by atoms with E-state index in [0.717, 1.165) is 24.5 Å². The molecule has 1 aromatic heterocycles. The van der Waals surface area contributed by atoms with Crippen molar-refractivity contribution in [2.45, 2.75) is 18.4 Å². The summed E-state index contributed by atoms with van der Waals surface area (Å²) >= 11 is 5.90. The Balaban J connectivity index is 1.73. The molecule has 0 saturated carbocycles. The van der Waals surface area contributed by atoms with Crippen LogP contribution in [-0.2, 0) is 5.60 Å². The van der Waals surface area contributed by atoms with E-state index in [1.165, 1.54) is 0 Å². The van der Waals surface area contributed by atoms with Crippen molar-refractivity contribution in [3.05, 3.63) is 59.2 Å². The fraction of sp³-hybridized carbons (Fsp3) is 0.312. The van der Waals surface area contributed by atoms with Crippen LogP contribution >= 0.6 is 11.6 Å². The van der Waals surface area contributed by atoms with Gasteiger partial charge in [-0.2, -0.15) is 0 Å². The molecule has 2 heterocycles. The van der Waals surface area contributed by atoms with E-state index in [0.29, 0.717) is 17.9 Å². The van der Waals surface area contributed by atoms with Gasteiger partial charge in [-0.3, -0.25) is 0 Å².